The van der Waals surface area contributed by atoms with E-state index in [-0.39, 0.29) is 23.7 Å². The molecule has 1 N–H and O–H groups in total. The minimum atomic E-state index is -0.387. The molecule has 2 fully saturated rings. The summed E-state index contributed by atoms with van der Waals surface area (Å²) in [5.74, 6) is 0.314. The number of hydrogen-bond donors (Lipinski definition) is 1. The number of nitrogens with zero attached hydrogens (tertiary/aromatic N) is 3. The number of carbonyl (C=O) groups is 3. The summed E-state index contributed by atoms with van der Waals surface area (Å²) in [6.07, 6.45) is 3.33. The number of anilines is 2. The maximum absolute atomic E-state index is 13.5. The lowest BCUT2D eigenvalue weighted by atomic mass is 10.0. The second kappa shape index (κ2) is 9.74. The van der Waals surface area contributed by atoms with Crippen LogP contribution < -0.4 is 10.2 Å². The van der Waals surface area contributed by atoms with Crippen LogP contribution in [0.2, 0.25) is 0 Å². The largest absolute Gasteiger partial charge is 0.462 e. The Balaban J connectivity index is 1.30. The van der Waals surface area contributed by atoms with Crippen molar-refractivity contribution in [2.24, 2.45) is 5.92 Å². The van der Waals surface area contributed by atoms with Crippen LogP contribution in [0.4, 0.5) is 11.5 Å². The van der Waals surface area contributed by atoms with Crippen molar-refractivity contribution in [2.75, 3.05) is 43.0 Å². The van der Waals surface area contributed by atoms with E-state index in [0.29, 0.717) is 49.6 Å². The van der Waals surface area contributed by atoms with Gasteiger partial charge in [-0.05, 0) is 54.8 Å². The Bertz CT molecular complexity index is 1260. The minimum absolute atomic E-state index is 0.0171. The summed E-state index contributed by atoms with van der Waals surface area (Å²) in [4.78, 5) is 46.2. The molecule has 1 aromatic heterocycles. The second-order valence-corrected chi connectivity index (χ2v) is 8.91. The number of ether oxygens (including phenoxy) is 1. The number of hydrogen-bond acceptors (Lipinski definition) is 6. The highest BCUT2D eigenvalue weighted by molar-refractivity contribution is 6.08. The zero-order valence-electron chi connectivity index (χ0n) is 19.7. The SMILES string of the molecule is CCOC(=O)c1ccc(N2CCN(C(=O)c3cc4ccccc4cc3NC(=O)C3CC3)CC2)nc1. The van der Waals surface area contributed by atoms with E-state index in [1.807, 2.05) is 41.3 Å². The number of amides is 2. The maximum atomic E-state index is 13.5. The fraction of sp³-hybridized carbons (Fsp3) is 0.333. The van der Waals surface area contributed by atoms with Crippen molar-refractivity contribution in [2.45, 2.75) is 19.8 Å². The first-order chi connectivity index (χ1) is 17.0. The van der Waals surface area contributed by atoms with Gasteiger partial charge in [-0.1, -0.05) is 24.3 Å². The molecule has 2 amide bonds. The Morgan fingerprint density at radius 2 is 1.71 bits per heavy atom. The third-order valence-corrected chi connectivity index (χ3v) is 6.47. The second-order valence-electron chi connectivity index (χ2n) is 8.91. The molecular formula is C27H28N4O4. The Morgan fingerprint density at radius 3 is 2.34 bits per heavy atom. The quantitative estimate of drug-likeness (QED) is 0.550. The van der Waals surface area contributed by atoms with Crippen molar-refractivity contribution >= 4 is 40.1 Å². The molecule has 2 aromatic carbocycles. The van der Waals surface area contributed by atoms with E-state index in [0.717, 1.165) is 29.4 Å². The lowest BCUT2D eigenvalue weighted by molar-refractivity contribution is -0.117. The Hall–Kier alpha value is -3.94. The number of piperazine rings is 1. The molecule has 1 aliphatic heterocycles. The predicted molar refractivity (Wildman–Crippen MR) is 134 cm³/mol. The highest BCUT2D eigenvalue weighted by atomic mass is 16.5. The molecule has 0 radical (unpaired) electrons. The normalized spacial score (nSPS) is 15.7. The Kier molecular flexibility index (Phi) is 6.35. The molecule has 8 nitrogen and oxygen atoms in total. The lowest BCUT2D eigenvalue weighted by Crippen LogP contribution is -2.49. The van der Waals surface area contributed by atoms with Crippen LogP contribution in [0.1, 0.15) is 40.5 Å². The molecule has 35 heavy (non-hydrogen) atoms. The van der Waals surface area contributed by atoms with Crippen LogP contribution in [-0.4, -0.2) is 60.5 Å². The van der Waals surface area contributed by atoms with Crippen molar-refractivity contribution in [1.82, 2.24) is 9.88 Å². The minimum Gasteiger partial charge on any atom is -0.462 e. The average Bonchev–Trinajstić information content (AvgIpc) is 3.74. The first kappa shape index (κ1) is 22.8. The molecule has 3 aromatic rings. The van der Waals surface area contributed by atoms with Crippen molar-refractivity contribution < 1.29 is 19.1 Å². The molecule has 2 heterocycles. The van der Waals surface area contributed by atoms with Gasteiger partial charge in [-0.15, -0.1) is 0 Å². The molecule has 180 valence electrons. The lowest BCUT2D eigenvalue weighted by Gasteiger charge is -2.35. The van der Waals surface area contributed by atoms with E-state index >= 15 is 0 Å². The van der Waals surface area contributed by atoms with Gasteiger partial charge in [0, 0.05) is 38.3 Å². The molecule has 2 aliphatic rings. The van der Waals surface area contributed by atoms with E-state index in [4.69, 9.17) is 4.74 Å². The molecular weight excluding hydrogens is 444 g/mol. The van der Waals surface area contributed by atoms with Gasteiger partial charge in [0.15, 0.2) is 0 Å². The number of benzene rings is 2. The molecule has 8 heteroatoms. The summed E-state index contributed by atoms with van der Waals surface area (Å²) in [5.41, 5.74) is 1.51. The number of rotatable bonds is 6. The first-order valence-corrected chi connectivity index (χ1v) is 12.0. The van der Waals surface area contributed by atoms with Gasteiger partial charge >= 0.3 is 5.97 Å². The molecule has 0 unspecified atom stereocenters. The van der Waals surface area contributed by atoms with Crippen molar-refractivity contribution in [3.8, 4) is 0 Å². The van der Waals surface area contributed by atoms with Gasteiger partial charge in [-0.2, -0.15) is 0 Å². The maximum Gasteiger partial charge on any atom is 0.339 e. The van der Waals surface area contributed by atoms with Gasteiger partial charge in [-0.25, -0.2) is 9.78 Å². The Labute approximate surface area is 203 Å². The van der Waals surface area contributed by atoms with Crippen LogP contribution in [0.25, 0.3) is 10.8 Å². The zero-order valence-corrected chi connectivity index (χ0v) is 19.7. The molecule has 1 saturated heterocycles. The van der Waals surface area contributed by atoms with E-state index in [9.17, 15) is 14.4 Å². The molecule has 0 spiro atoms. The highest BCUT2D eigenvalue weighted by Gasteiger charge is 2.31. The monoisotopic (exact) mass is 472 g/mol. The summed E-state index contributed by atoms with van der Waals surface area (Å²) >= 11 is 0. The summed E-state index contributed by atoms with van der Waals surface area (Å²) in [5, 5.41) is 4.94. The highest BCUT2D eigenvalue weighted by Crippen LogP contribution is 2.32. The number of nitrogens with one attached hydrogen (secondary N) is 1. The van der Waals surface area contributed by atoms with E-state index < -0.39 is 0 Å². The zero-order chi connectivity index (χ0) is 24.4. The van der Waals surface area contributed by atoms with Crippen molar-refractivity contribution in [1.29, 1.82) is 0 Å². The van der Waals surface area contributed by atoms with E-state index in [1.54, 1.807) is 19.1 Å². The van der Waals surface area contributed by atoms with E-state index in [2.05, 4.69) is 15.2 Å². The predicted octanol–water partition coefficient (Wildman–Crippen LogP) is 3.72. The first-order valence-electron chi connectivity index (χ1n) is 12.0. The third kappa shape index (κ3) is 4.96. The average molecular weight is 473 g/mol. The summed E-state index contributed by atoms with van der Waals surface area (Å²) in [7, 11) is 0. The van der Waals surface area contributed by atoms with Gasteiger partial charge in [0.2, 0.25) is 5.91 Å². The topological polar surface area (TPSA) is 91.8 Å². The van der Waals surface area contributed by atoms with Crippen molar-refractivity contribution in [3.05, 3.63) is 65.9 Å². The Morgan fingerprint density at radius 1 is 1.00 bits per heavy atom. The molecule has 5 rings (SSSR count). The fourth-order valence-corrected chi connectivity index (χ4v) is 4.32. The van der Waals surface area contributed by atoms with Gasteiger partial charge in [0.1, 0.15) is 5.82 Å². The van der Waals surface area contributed by atoms with Crippen molar-refractivity contribution in [3.63, 3.8) is 0 Å². The molecule has 1 saturated carbocycles. The number of aromatic nitrogens is 1. The van der Waals surface area contributed by atoms with Crippen LogP contribution >= 0.6 is 0 Å². The standard InChI is InChI=1S/C27H28N4O4/c1-2-35-27(34)21-9-10-24(28-17-21)30-11-13-31(14-12-30)26(33)22-15-19-5-3-4-6-20(19)16-23(22)29-25(32)18-7-8-18/h3-6,9-10,15-18H,2,7-8,11-14H2,1H3,(H,29,32). The molecule has 0 atom stereocenters. The van der Waals surface area contributed by atoms with E-state index in [1.165, 1.54) is 6.20 Å². The van der Waals surface area contributed by atoms with Crippen LogP contribution in [-0.2, 0) is 9.53 Å². The van der Waals surface area contributed by atoms with Crippen LogP contribution in [0.5, 0.6) is 0 Å². The van der Waals surface area contributed by atoms with Crippen LogP contribution in [0.15, 0.2) is 54.7 Å². The summed E-state index contributed by atoms with van der Waals surface area (Å²) in [6.45, 7) is 4.39. The molecule has 1 aliphatic carbocycles. The summed E-state index contributed by atoms with van der Waals surface area (Å²) < 4.78 is 5.01. The smallest absolute Gasteiger partial charge is 0.339 e. The van der Waals surface area contributed by atoms with Crippen LogP contribution in [0, 0.1) is 5.92 Å². The number of pyridine rings is 1. The van der Waals surface area contributed by atoms with Gasteiger partial charge in [-0.3, -0.25) is 9.59 Å². The summed E-state index contributed by atoms with van der Waals surface area (Å²) in [6, 6.07) is 15.1. The van der Waals surface area contributed by atoms with Crippen LogP contribution in [0.3, 0.4) is 0 Å². The number of esters is 1. The molecule has 0 bridgehead atoms. The fourth-order valence-electron chi connectivity index (χ4n) is 4.32. The third-order valence-electron chi connectivity index (χ3n) is 6.47. The van der Waals surface area contributed by atoms with Gasteiger partial charge in [0.05, 0.1) is 23.4 Å². The number of carbonyl (C=O) groups excluding carboxylic acids is 3. The van der Waals surface area contributed by atoms with Gasteiger partial charge < -0.3 is 19.9 Å². The number of fused-ring (bicyclic) bond motifs is 1. The van der Waals surface area contributed by atoms with Gasteiger partial charge in [0.25, 0.3) is 5.91 Å².